The summed E-state index contributed by atoms with van der Waals surface area (Å²) in [6.07, 6.45) is 0.236. The summed E-state index contributed by atoms with van der Waals surface area (Å²) in [5, 5.41) is 11.3. The average Bonchev–Trinajstić information content (AvgIpc) is 2.05. The summed E-state index contributed by atoms with van der Waals surface area (Å²) < 4.78 is 0. The second-order valence-corrected chi connectivity index (χ2v) is 2.24. The van der Waals surface area contributed by atoms with Crippen molar-refractivity contribution in [2.24, 2.45) is 5.18 Å². The topological polar surface area (TPSA) is 62.6 Å². The van der Waals surface area contributed by atoms with Crippen LogP contribution in [0.25, 0.3) is 0 Å². The van der Waals surface area contributed by atoms with Crippen molar-refractivity contribution in [2.45, 2.75) is 13.2 Å². The maximum absolute atomic E-state index is 9.85. The maximum Gasteiger partial charge on any atom is 0.230 e. The molecule has 0 saturated heterocycles. The molecule has 11 heavy (non-hydrogen) atoms. The van der Waals surface area contributed by atoms with Gasteiger partial charge in [-0.25, -0.2) is 0 Å². The van der Waals surface area contributed by atoms with Crippen LogP contribution in [0.3, 0.4) is 0 Å². The standard InChI is InChI=1S/C7H8N2O2/c1-5-2-3-6(8-4-5)7(10)9-11/h2-4,7,10H,1H3. The first kappa shape index (κ1) is 7.81. The lowest BCUT2D eigenvalue weighted by Gasteiger charge is -1.99. The third-order valence-electron chi connectivity index (χ3n) is 1.30. The predicted molar refractivity (Wildman–Crippen MR) is 39.7 cm³/mol. The zero-order valence-corrected chi connectivity index (χ0v) is 6.06. The molecular formula is C7H8N2O2. The van der Waals surface area contributed by atoms with Crippen molar-refractivity contribution in [3.63, 3.8) is 0 Å². The first-order chi connectivity index (χ1) is 5.24. The molecule has 0 aliphatic rings. The van der Waals surface area contributed by atoms with Gasteiger partial charge in [0, 0.05) is 6.20 Å². The van der Waals surface area contributed by atoms with Crippen molar-refractivity contribution >= 4 is 0 Å². The summed E-state index contributed by atoms with van der Waals surface area (Å²) in [7, 11) is 0. The van der Waals surface area contributed by atoms with Crippen LogP contribution in [0, 0.1) is 11.8 Å². The Bertz CT molecular complexity index is 245. The highest BCUT2D eigenvalue weighted by Crippen LogP contribution is 2.10. The van der Waals surface area contributed by atoms with E-state index in [1.807, 2.05) is 6.92 Å². The predicted octanol–water partition coefficient (Wildman–Crippen LogP) is 1.15. The second kappa shape index (κ2) is 3.21. The van der Waals surface area contributed by atoms with E-state index in [2.05, 4.69) is 10.2 Å². The van der Waals surface area contributed by atoms with Crippen LogP contribution in [-0.2, 0) is 0 Å². The summed E-state index contributed by atoms with van der Waals surface area (Å²) in [5.41, 5.74) is 1.26. The Balaban J connectivity index is 2.89. The van der Waals surface area contributed by atoms with Crippen molar-refractivity contribution < 1.29 is 5.11 Å². The molecular weight excluding hydrogens is 144 g/mol. The number of aryl methyl sites for hydroxylation is 1. The SMILES string of the molecule is Cc1ccc(C(O)N=O)nc1. The maximum atomic E-state index is 9.85. The fourth-order valence-electron chi connectivity index (χ4n) is 0.686. The zero-order chi connectivity index (χ0) is 8.27. The molecule has 1 aromatic rings. The number of rotatable bonds is 2. The van der Waals surface area contributed by atoms with E-state index < -0.39 is 6.23 Å². The third-order valence-corrected chi connectivity index (χ3v) is 1.30. The van der Waals surface area contributed by atoms with Crippen LogP contribution in [0.5, 0.6) is 0 Å². The van der Waals surface area contributed by atoms with Crippen molar-refractivity contribution in [3.05, 3.63) is 34.5 Å². The average molecular weight is 152 g/mol. The number of hydrogen-bond acceptors (Lipinski definition) is 4. The molecule has 0 saturated carbocycles. The first-order valence-electron chi connectivity index (χ1n) is 3.17. The third kappa shape index (κ3) is 1.81. The summed E-state index contributed by atoms with van der Waals surface area (Å²) in [4.78, 5) is 13.7. The Kier molecular flexibility index (Phi) is 2.28. The molecule has 4 nitrogen and oxygen atoms in total. The van der Waals surface area contributed by atoms with Gasteiger partial charge in [-0.15, -0.1) is 4.91 Å². The van der Waals surface area contributed by atoms with Gasteiger partial charge in [0.15, 0.2) is 0 Å². The Morgan fingerprint density at radius 1 is 1.64 bits per heavy atom. The second-order valence-electron chi connectivity index (χ2n) is 2.24. The monoisotopic (exact) mass is 152 g/mol. The van der Waals surface area contributed by atoms with Gasteiger partial charge >= 0.3 is 0 Å². The molecule has 1 heterocycles. The van der Waals surface area contributed by atoms with Gasteiger partial charge in [0.05, 0.1) is 5.69 Å². The fourth-order valence-corrected chi connectivity index (χ4v) is 0.686. The number of pyridine rings is 1. The quantitative estimate of drug-likeness (QED) is 0.646. The molecule has 0 fully saturated rings. The van der Waals surface area contributed by atoms with Crippen LogP contribution in [0.15, 0.2) is 23.5 Å². The molecule has 4 heteroatoms. The van der Waals surface area contributed by atoms with E-state index >= 15 is 0 Å². The minimum absolute atomic E-state index is 0.283. The highest BCUT2D eigenvalue weighted by molar-refractivity contribution is 5.13. The molecule has 0 aliphatic heterocycles. The molecule has 0 aliphatic carbocycles. The van der Waals surface area contributed by atoms with Gasteiger partial charge in [-0.2, -0.15) is 0 Å². The number of aromatic nitrogens is 1. The minimum atomic E-state index is -1.34. The summed E-state index contributed by atoms with van der Waals surface area (Å²) in [6, 6.07) is 3.33. The normalized spacial score (nSPS) is 12.5. The lowest BCUT2D eigenvalue weighted by molar-refractivity contribution is 0.182. The van der Waals surface area contributed by atoms with Gasteiger partial charge in [0.2, 0.25) is 6.23 Å². The van der Waals surface area contributed by atoms with Crippen LogP contribution in [0.1, 0.15) is 17.5 Å². The molecule has 0 amide bonds. The van der Waals surface area contributed by atoms with Crippen molar-refractivity contribution in [1.82, 2.24) is 4.98 Å². The molecule has 1 rings (SSSR count). The Morgan fingerprint density at radius 2 is 2.36 bits per heavy atom. The molecule has 1 atom stereocenters. The molecule has 1 aromatic heterocycles. The molecule has 0 spiro atoms. The molecule has 0 radical (unpaired) electrons. The van der Waals surface area contributed by atoms with Crippen molar-refractivity contribution in [3.8, 4) is 0 Å². The van der Waals surface area contributed by atoms with E-state index in [4.69, 9.17) is 5.11 Å². The van der Waals surface area contributed by atoms with E-state index in [1.165, 1.54) is 0 Å². The van der Waals surface area contributed by atoms with Crippen LogP contribution >= 0.6 is 0 Å². The molecule has 0 bridgehead atoms. The van der Waals surface area contributed by atoms with Gasteiger partial charge in [0.1, 0.15) is 0 Å². The zero-order valence-electron chi connectivity index (χ0n) is 6.06. The number of nitroso groups, excluding NO2 is 1. The lowest BCUT2D eigenvalue weighted by Crippen LogP contribution is -1.95. The fraction of sp³-hybridized carbons (Fsp3) is 0.286. The Morgan fingerprint density at radius 3 is 2.82 bits per heavy atom. The van der Waals surface area contributed by atoms with Gasteiger partial charge in [0.25, 0.3) is 0 Å². The number of aliphatic hydroxyl groups is 1. The van der Waals surface area contributed by atoms with Gasteiger partial charge in [-0.1, -0.05) is 6.07 Å². The summed E-state index contributed by atoms with van der Waals surface area (Å²) in [6.45, 7) is 1.87. The first-order valence-corrected chi connectivity index (χ1v) is 3.17. The Hall–Kier alpha value is -1.29. The van der Waals surface area contributed by atoms with Crippen LogP contribution in [0.2, 0.25) is 0 Å². The van der Waals surface area contributed by atoms with E-state index in [-0.39, 0.29) is 5.69 Å². The highest BCUT2D eigenvalue weighted by atomic mass is 16.3. The van der Waals surface area contributed by atoms with Crippen molar-refractivity contribution in [1.29, 1.82) is 0 Å². The van der Waals surface area contributed by atoms with E-state index in [9.17, 15) is 4.91 Å². The van der Waals surface area contributed by atoms with Crippen LogP contribution in [0.4, 0.5) is 0 Å². The van der Waals surface area contributed by atoms with Gasteiger partial charge in [-0.3, -0.25) is 4.98 Å². The molecule has 58 valence electrons. The van der Waals surface area contributed by atoms with Crippen molar-refractivity contribution in [2.75, 3.05) is 0 Å². The summed E-state index contributed by atoms with van der Waals surface area (Å²) >= 11 is 0. The summed E-state index contributed by atoms with van der Waals surface area (Å²) in [5.74, 6) is 0. The Labute approximate surface area is 63.9 Å². The molecule has 1 N–H and O–H groups in total. The van der Waals surface area contributed by atoms with Gasteiger partial charge < -0.3 is 5.11 Å². The highest BCUT2D eigenvalue weighted by Gasteiger charge is 2.06. The van der Waals surface area contributed by atoms with E-state index in [0.29, 0.717) is 0 Å². The van der Waals surface area contributed by atoms with E-state index in [0.717, 1.165) is 5.56 Å². The van der Waals surface area contributed by atoms with Crippen LogP contribution in [-0.4, -0.2) is 10.1 Å². The smallest absolute Gasteiger partial charge is 0.230 e. The van der Waals surface area contributed by atoms with E-state index in [1.54, 1.807) is 18.3 Å². The number of nitrogens with zero attached hydrogens (tertiary/aromatic N) is 2. The van der Waals surface area contributed by atoms with Gasteiger partial charge in [-0.05, 0) is 23.7 Å². The minimum Gasteiger partial charge on any atom is -0.364 e. The largest absolute Gasteiger partial charge is 0.364 e. The lowest BCUT2D eigenvalue weighted by atomic mass is 10.2. The van der Waals surface area contributed by atoms with Crippen LogP contribution < -0.4 is 0 Å². The number of hydrogen-bond donors (Lipinski definition) is 1. The molecule has 0 aromatic carbocycles. The molecule has 1 unspecified atom stereocenters. The number of aliphatic hydroxyl groups excluding tert-OH is 1.